The fourth-order valence-corrected chi connectivity index (χ4v) is 3.48. The van der Waals surface area contributed by atoms with Crippen molar-refractivity contribution in [1.29, 1.82) is 0 Å². The molecule has 160 valence electrons. The first kappa shape index (κ1) is 21.7. The summed E-state index contributed by atoms with van der Waals surface area (Å²) in [6.07, 6.45) is 1.47. The zero-order chi connectivity index (χ0) is 22.1. The topological polar surface area (TPSA) is 71.5 Å². The summed E-state index contributed by atoms with van der Waals surface area (Å²) in [6.45, 7) is 6.33. The molecule has 8 heteroatoms. The van der Waals surface area contributed by atoms with Crippen LogP contribution < -0.4 is 10.1 Å². The summed E-state index contributed by atoms with van der Waals surface area (Å²) in [5.74, 6) is -3.01. The second-order valence-corrected chi connectivity index (χ2v) is 7.54. The maximum absolute atomic E-state index is 13.1. The summed E-state index contributed by atoms with van der Waals surface area (Å²) in [4.78, 5) is 31.1. The Kier molecular flexibility index (Phi) is 6.05. The van der Waals surface area contributed by atoms with E-state index in [2.05, 4.69) is 10.3 Å². The van der Waals surface area contributed by atoms with Crippen molar-refractivity contribution in [2.75, 3.05) is 13.2 Å². The van der Waals surface area contributed by atoms with Gasteiger partial charge >= 0.3 is 0 Å². The Morgan fingerprint density at radius 3 is 2.73 bits per heavy atom. The normalized spacial score (nSPS) is 14.5. The van der Waals surface area contributed by atoms with Gasteiger partial charge in [-0.1, -0.05) is 12.1 Å². The van der Waals surface area contributed by atoms with Gasteiger partial charge in [0.25, 0.3) is 17.7 Å². The van der Waals surface area contributed by atoms with Crippen LogP contribution in [0.1, 0.15) is 64.3 Å². The molecule has 2 heterocycles. The Hall–Kier alpha value is -3.03. The molecule has 1 aliphatic heterocycles. The van der Waals surface area contributed by atoms with E-state index in [9.17, 15) is 18.4 Å². The highest BCUT2D eigenvalue weighted by atomic mass is 19.3. The maximum atomic E-state index is 13.1. The molecule has 0 radical (unpaired) electrons. The third-order valence-corrected chi connectivity index (χ3v) is 5.06. The number of nitrogens with one attached hydrogen (secondary N) is 1. The lowest BCUT2D eigenvalue weighted by Gasteiger charge is -2.25. The summed E-state index contributed by atoms with van der Waals surface area (Å²) in [5, 5.41) is 2.72. The minimum atomic E-state index is -2.91. The van der Waals surface area contributed by atoms with E-state index in [-0.39, 0.29) is 30.1 Å². The molecule has 0 saturated carbocycles. The molecule has 0 bridgehead atoms. The standard InChI is InChI=1S/C22H25F2N3O3/c1-5-25-20(28)19-17-11-27(21(29)16(17)8-9-26-19)14(3)15-6-7-18(13(2)10-15)30-12-22(4,23)24/h6-10,14H,5,11-12H2,1-4H3,(H,25,28). The number of amides is 2. The highest BCUT2D eigenvalue weighted by Crippen LogP contribution is 2.34. The Bertz CT molecular complexity index is 973. The fourth-order valence-electron chi connectivity index (χ4n) is 3.48. The summed E-state index contributed by atoms with van der Waals surface area (Å²) in [5.41, 5.74) is 2.90. The predicted octanol–water partition coefficient (Wildman–Crippen LogP) is 3.89. The van der Waals surface area contributed by atoms with Crippen molar-refractivity contribution >= 4 is 11.8 Å². The van der Waals surface area contributed by atoms with Crippen molar-refractivity contribution in [1.82, 2.24) is 15.2 Å². The number of rotatable bonds is 7. The molecule has 1 unspecified atom stereocenters. The van der Waals surface area contributed by atoms with Gasteiger partial charge in [-0.2, -0.15) is 0 Å². The van der Waals surface area contributed by atoms with Gasteiger partial charge in [0, 0.05) is 37.3 Å². The monoisotopic (exact) mass is 417 g/mol. The SMILES string of the molecule is CCNC(=O)c1nccc2c1CN(C(C)c1ccc(OCC(C)(F)F)c(C)c1)C2=O. The molecule has 3 rings (SSSR count). The van der Waals surface area contributed by atoms with E-state index in [4.69, 9.17) is 4.74 Å². The van der Waals surface area contributed by atoms with Crippen LogP contribution in [-0.2, 0) is 6.54 Å². The number of alkyl halides is 2. The number of nitrogens with zero attached hydrogens (tertiary/aromatic N) is 2. The quantitative estimate of drug-likeness (QED) is 0.742. The first-order valence-electron chi connectivity index (χ1n) is 9.80. The highest BCUT2D eigenvalue weighted by molar-refractivity contribution is 6.03. The number of pyridine rings is 1. The van der Waals surface area contributed by atoms with Crippen LogP contribution >= 0.6 is 0 Å². The molecular weight excluding hydrogens is 392 g/mol. The van der Waals surface area contributed by atoms with E-state index < -0.39 is 12.5 Å². The van der Waals surface area contributed by atoms with Crippen molar-refractivity contribution in [3.05, 3.63) is 58.4 Å². The molecule has 1 N–H and O–H groups in total. The van der Waals surface area contributed by atoms with E-state index in [1.165, 1.54) is 6.20 Å². The highest BCUT2D eigenvalue weighted by Gasteiger charge is 2.35. The second kappa shape index (κ2) is 8.38. The minimum absolute atomic E-state index is 0.172. The van der Waals surface area contributed by atoms with Gasteiger partial charge in [0.2, 0.25) is 0 Å². The average Bonchev–Trinajstić information content (AvgIpc) is 3.02. The van der Waals surface area contributed by atoms with Crippen molar-refractivity contribution in [3.8, 4) is 5.75 Å². The molecule has 6 nitrogen and oxygen atoms in total. The van der Waals surface area contributed by atoms with Crippen LogP contribution in [0.2, 0.25) is 0 Å². The molecule has 0 spiro atoms. The van der Waals surface area contributed by atoms with Crippen LogP contribution in [0.3, 0.4) is 0 Å². The number of hydrogen-bond acceptors (Lipinski definition) is 4. The molecule has 30 heavy (non-hydrogen) atoms. The molecule has 1 atom stereocenters. The largest absolute Gasteiger partial charge is 0.487 e. The number of aryl methyl sites for hydroxylation is 1. The zero-order valence-corrected chi connectivity index (χ0v) is 17.5. The third kappa shape index (κ3) is 4.42. The van der Waals surface area contributed by atoms with Crippen molar-refractivity contribution in [2.24, 2.45) is 0 Å². The molecule has 0 fully saturated rings. The molecule has 1 aromatic carbocycles. The van der Waals surface area contributed by atoms with E-state index in [0.29, 0.717) is 29.0 Å². The second-order valence-electron chi connectivity index (χ2n) is 7.54. The molecule has 0 aliphatic carbocycles. The Morgan fingerprint density at radius 1 is 1.37 bits per heavy atom. The lowest BCUT2D eigenvalue weighted by Crippen LogP contribution is -2.28. The van der Waals surface area contributed by atoms with Gasteiger partial charge < -0.3 is 15.0 Å². The van der Waals surface area contributed by atoms with Gasteiger partial charge in [0.05, 0.1) is 6.04 Å². The van der Waals surface area contributed by atoms with Crippen LogP contribution in [0.15, 0.2) is 30.5 Å². The predicted molar refractivity (Wildman–Crippen MR) is 108 cm³/mol. The number of carbonyl (C=O) groups is 2. The number of benzene rings is 1. The van der Waals surface area contributed by atoms with Gasteiger partial charge in [-0.3, -0.25) is 14.6 Å². The Morgan fingerprint density at radius 2 is 2.10 bits per heavy atom. The van der Waals surface area contributed by atoms with Crippen molar-refractivity contribution in [2.45, 2.75) is 46.2 Å². The first-order chi connectivity index (χ1) is 14.1. The van der Waals surface area contributed by atoms with Gasteiger partial charge in [0.15, 0.2) is 6.61 Å². The first-order valence-corrected chi connectivity index (χ1v) is 9.80. The van der Waals surface area contributed by atoms with Crippen LogP contribution in [0, 0.1) is 6.92 Å². The van der Waals surface area contributed by atoms with Crippen LogP contribution in [0.4, 0.5) is 8.78 Å². The molecule has 1 aromatic heterocycles. The van der Waals surface area contributed by atoms with Gasteiger partial charge in [-0.05, 0) is 44.0 Å². The Balaban J connectivity index is 1.81. The van der Waals surface area contributed by atoms with Crippen molar-refractivity contribution in [3.63, 3.8) is 0 Å². The number of ether oxygens (including phenoxy) is 1. The van der Waals surface area contributed by atoms with Crippen molar-refractivity contribution < 1.29 is 23.1 Å². The number of hydrogen-bond donors (Lipinski definition) is 1. The van der Waals surface area contributed by atoms with Gasteiger partial charge in [-0.15, -0.1) is 0 Å². The smallest absolute Gasteiger partial charge is 0.278 e. The fraction of sp³-hybridized carbons (Fsp3) is 0.409. The minimum Gasteiger partial charge on any atom is -0.487 e. The average molecular weight is 417 g/mol. The lowest BCUT2D eigenvalue weighted by molar-refractivity contribution is -0.0231. The van der Waals surface area contributed by atoms with E-state index in [0.717, 1.165) is 12.5 Å². The lowest BCUT2D eigenvalue weighted by atomic mass is 10.0. The van der Waals surface area contributed by atoms with Crippen LogP contribution in [-0.4, -0.2) is 40.8 Å². The number of aromatic nitrogens is 1. The van der Waals surface area contributed by atoms with E-state index >= 15 is 0 Å². The van der Waals surface area contributed by atoms with Gasteiger partial charge in [-0.25, -0.2) is 8.78 Å². The molecule has 2 amide bonds. The van der Waals surface area contributed by atoms with Crippen LogP contribution in [0.5, 0.6) is 5.75 Å². The maximum Gasteiger partial charge on any atom is 0.278 e. The number of carbonyl (C=O) groups excluding carboxylic acids is 2. The molecule has 1 aliphatic rings. The molecule has 2 aromatic rings. The number of halogens is 2. The van der Waals surface area contributed by atoms with Crippen LogP contribution in [0.25, 0.3) is 0 Å². The number of fused-ring (bicyclic) bond motifs is 1. The summed E-state index contributed by atoms with van der Waals surface area (Å²) in [7, 11) is 0. The molecular formula is C22H25F2N3O3. The zero-order valence-electron chi connectivity index (χ0n) is 17.5. The summed E-state index contributed by atoms with van der Waals surface area (Å²) >= 11 is 0. The Labute approximate surface area is 174 Å². The molecule has 0 saturated heterocycles. The third-order valence-electron chi connectivity index (χ3n) is 5.06. The van der Waals surface area contributed by atoms with E-state index in [1.807, 2.05) is 19.9 Å². The summed E-state index contributed by atoms with van der Waals surface area (Å²) in [6, 6.07) is 6.57. The van der Waals surface area contributed by atoms with Gasteiger partial charge in [0.1, 0.15) is 11.4 Å². The summed E-state index contributed by atoms with van der Waals surface area (Å²) < 4.78 is 31.3. The van der Waals surface area contributed by atoms with E-state index in [1.54, 1.807) is 30.0 Å².